The van der Waals surface area contributed by atoms with Crippen molar-refractivity contribution >= 4 is 28.5 Å². The highest BCUT2D eigenvalue weighted by atomic mass is 19.1. The summed E-state index contributed by atoms with van der Waals surface area (Å²) in [4.78, 5) is 31.8. The zero-order chi connectivity index (χ0) is 24.7. The number of carbonyl (C=O) groups is 2. The van der Waals surface area contributed by atoms with Gasteiger partial charge in [-0.1, -0.05) is 6.07 Å². The van der Waals surface area contributed by atoms with Crippen molar-refractivity contribution in [3.63, 3.8) is 0 Å². The number of hydrogen-bond acceptors (Lipinski definition) is 5. The Hall–Kier alpha value is -4.18. The molecule has 9 nitrogen and oxygen atoms in total. The summed E-state index contributed by atoms with van der Waals surface area (Å²) >= 11 is 0. The maximum atomic E-state index is 13.5. The van der Waals surface area contributed by atoms with Crippen LogP contribution in [0.3, 0.4) is 0 Å². The largest absolute Gasteiger partial charge is 0.505 e. The molecule has 1 saturated heterocycles. The molecule has 5 rings (SSSR count). The SMILES string of the molecule is Cn1cc(C(=O)N2CCOCC2)c(O)c1-c1nc2cc(NC(=O)c3cccc(F)c3)ccc2n1C. The Bertz CT molecular complexity index is 1450. The van der Waals surface area contributed by atoms with Crippen LogP contribution in [0.2, 0.25) is 0 Å². The zero-order valence-corrected chi connectivity index (χ0v) is 19.3. The van der Waals surface area contributed by atoms with E-state index in [9.17, 15) is 19.1 Å². The molecule has 0 atom stereocenters. The first-order chi connectivity index (χ1) is 16.8. The predicted molar refractivity (Wildman–Crippen MR) is 128 cm³/mol. The van der Waals surface area contributed by atoms with Crippen molar-refractivity contribution in [3.8, 4) is 17.3 Å². The van der Waals surface area contributed by atoms with Gasteiger partial charge in [0.25, 0.3) is 11.8 Å². The molecule has 35 heavy (non-hydrogen) atoms. The van der Waals surface area contributed by atoms with Gasteiger partial charge < -0.3 is 29.2 Å². The fourth-order valence-electron chi connectivity index (χ4n) is 4.29. The van der Waals surface area contributed by atoms with E-state index in [1.54, 1.807) is 40.9 Å². The standard InChI is InChI=1S/C25H24FN5O4/c1-29-14-18(25(34)31-8-10-35-11-9-31)22(32)21(29)23-28-19-13-17(6-7-20(19)30(23)2)27-24(33)15-4-3-5-16(26)12-15/h3-7,12-14,32H,8-11H2,1-2H3,(H,27,33). The van der Waals surface area contributed by atoms with Crippen molar-refractivity contribution < 1.29 is 23.8 Å². The van der Waals surface area contributed by atoms with Gasteiger partial charge >= 0.3 is 0 Å². The number of benzene rings is 2. The maximum Gasteiger partial charge on any atom is 0.259 e. The van der Waals surface area contributed by atoms with Crippen LogP contribution < -0.4 is 5.32 Å². The third-order valence-corrected chi connectivity index (χ3v) is 6.12. The molecule has 0 aliphatic carbocycles. The van der Waals surface area contributed by atoms with Gasteiger partial charge in [-0.15, -0.1) is 0 Å². The van der Waals surface area contributed by atoms with E-state index in [1.165, 1.54) is 24.3 Å². The molecule has 4 aromatic rings. The lowest BCUT2D eigenvalue weighted by Crippen LogP contribution is -2.40. The van der Waals surface area contributed by atoms with Crippen LogP contribution in [-0.2, 0) is 18.8 Å². The van der Waals surface area contributed by atoms with Gasteiger partial charge in [0.15, 0.2) is 11.6 Å². The Kier molecular flexibility index (Phi) is 5.73. The first-order valence-electron chi connectivity index (χ1n) is 11.1. The Morgan fingerprint density at radius 3 is 2.63 bits per heavy atom. The van der Waals surface area contributed by atoms with Crippen LogP contribution in [0.15, 0.2) is 48.7 Å². The Balaban J connectivity index is 1.46. The van der Waals surface area contributed by atoms with Crippen LogP contribution >= 0.6 is 0 Å². The normalized spacial score (nSPS) is 13.9. The lowest BCUT2D eigenvalue weighted by atomic mass is 10.2. The maximum absolute atomic E-state index is 13.5. The van der Waals surface area contributed by atoms with Crippen molar-refractivity contribution in [1.82, 2.24) is 19.0 Å². The first kappa shape index (κ1) is 22.6. The van der Waals surface area contributed by atoms with Crippen molar-refractivity contribution in [1.29, 1.82) is 0 Å². The molecule has 0 spiro atoms. The van der Waals surface area contributed by atoms with Crippen LogP contribution in [0.5, 0.6) is 5.75 Å². The van der Waals surface area contributed by atoms with Gasteiger partial charge in [-0.2, -0.15) is 0 Å². The van der Waals surface area contributed by atoms with Crippen molar-refractivity contribution in [2.45, 2.75) is 0 Å². The molecule has 10 heteroatoms. The molecule has 0 bridgehead atoms. The molecule has 2 N–H and O–H groups in total. The third-order valence-electron chi connectivity index (χ3n) is 6.12. The van der Waals surface area contributed by atoms with Crippen LogP contribution in [0, 0.1) is 5.82 Å². The van der Waals surface area contributed by atoms with Gasteiger partial charge in [0.05, 0.1) is 29.8 Å². The fraction of sp³-hybridized carbons (Fsp3) is 0.240. The van der Waals surface area contributed by atoms with Crippen LogP contribution in [0.25, 0.3) is 22.6 Å². The quantitative estimate of drug-likeness (QED) is 0.470. The summed E-state index contributed by atoms with van der Waals surface area (Å²) in [6.45, 7) is 1.88. The number of ether oxygens (including phenoxy) is 1. The number of imidazole rings is 1. The molecular weight excluding hydrogens is 453 g/mol. The molecule has 1 aliphatic heterocycles. The Labute approximate surface area is 200 Å². The topological polar surface area (TPSA) is 102 Å². The molecule has 0 saturated carbocycles. The molecule has 0 unspecified atom stereocenters. The highest BCUT2D eigenvalue weighted by molar-refractivity contribution is 6.05. The Morgan fingerprint density at radius 2 is 1.89 bits per heavy atom. The van der Waals surface area contributed by atoms with Gasteiger partial charge in [0.1, 0.15) is 11.5 Å². The van der Waals surface area contributed by atoms with E-state index >= 15 is 0 Å². The van der Waals surface area contributed by atoms with E-state index in [4.69, 9.17) is 4.74 Å². The summed E-state index contributed by atoms with van der Waals surface area (Å²) in [6, 6.07) is 10.7. The second-order valence-electron chi connectivity index (χ2n) is 8.42. The van der Waals surface area contributed by atoms with Crippen LogP contribution in [0.1, 0.15) is 20.7 Å². The lowest BCUT2D eigenvalue weighted by molar-refractivity contribution is 0.0301. The third kappa shape index (κ3) is 4.12. The summed E-state index contributed by atoms with van der Waals surface area (Å²) < 4.78 is 22.3. The Morgan fingerprint density at radius 1 is 1.11 bits per heavy atom. The molecule has 2 amide bonds. The minimum atomic E-state index is -0.490. The molecule has 2 aromatic heterocycles. The van der Waals surface area contributed by atoms with E-state index in [2.05, 4.69) is 10.3 Å². The second-order valence-corrected chi connectivity index (χ2v) is 8.42. The first-order valence-corrected chi connectivity index (χ1v) is 11.1. The molecule has 1 aliphatic rings. The number of amides is 2. The molecular formula is C25H24FN5O4. The summed E-state index contributed by atoms with van der Waals surface area (Å²) in [6.07, 6.45) is 1.60. The smallest absolute Gasteiger partial charge is 0.259 e. The average molecular weight is 477 g/mol. The van der Waals surface area contributed by atoms with Crippen molar-refractivity contribution in [2.24, 2.45) is 14.1 Å². The predicted octanol–water partition coefficient (Wildman–Crippen LogP) is 3.15. The van der Waals surface area contributed by atoms with Crippen LogP contribution in [0.4, 0.5) is 10.1 Å². The number of aromatic hydroxyl groups is 1. The minimum absolute atomic E-state index is 0.137. The van der Waals surface area contributed by atoms with Crippen LogP contribution in [-0.4, -0.2) is 62.2 Å². The summed E-state index contributed by atoms with van der Waals surface area (Å²) in [5.74, 6) is -0.854. The molecule has 180 valence electrons. The number of carbonyl (C=O) groups excluding carboxylic acids is 2. The minimum Gasteiger partial charge on any atom is -0.505 e. The summed E-state index contributed by atoms with van der Waals surface area (Å²) in [7, 11) is 3.56. The molecule has 2 aromatic carbocycles. The van der Waals surface area contributed by atoms with E-state index in [1.807, 2.05) is 11.6 Å². The number of halogens is 1. The molecule has 1 fully saturated rings. The van der Waals surface area contributed by atoms with Gasteiger partial charge in [-0.25, -0.2) is 9.37 Å². The number of nitrogens with zero attached hydrogens (tertiary/aromatic N) is 4. The number of anilines is 1. The zero-order valence-electron chi connectivity index (χ0n) is 19.3. The number of fused-ring (bicyclic) bond motifs is 1. The number of nitrogens with one attached hydrogen (secondary N) is 1. The number of morpholine rings is 1. The fourth-order valence-corrected chi connectivity index (χ4v) is 4.29. The highest BCUT2D eigenvalue weighted by Crippen LogP contribution is 2.35. The number of aryl methyl sites for hydroxylation is 2. The summed E-state index contributed by atoms with van der Waals surface area (Å²) in [5.41, 5.74) is 2.67. The van der Waals surface area contributed by atoms with Gasteiger partial charge in [-0.05, 0) is 36.4 Å². The van der Waals surface area contributed by atoms with Crippen molar-refractivity contribution in [3.05, 3.63) is 65.6 Å². The monoisotopic (exact) mass is 477 g/mol. The van der Waals surface area contributed by atoms with E-state index < -0.39 is 11.7 Å². The number of aromatic nitrogens is 3. The molecule has 0 radical (unpaired) electrons. The highest BCUT2D eigenvalue weighted by Gasteiger charge is 2.27. The average Bonchev–Trinajstić information content (AvgIpc) is 3.33. The van der Waals surface area contributed by atoms with E-state index in [0.717, 1.165) is 5.52 Å². The van der Waals surface area contributed by atoms with Gasteiger partial charge in [0, 0.05) is 44.6 Å². The van der Waals surface area contributed by atoms with E-state index in [0.29, 0.717) is 49.0 Å². The van der Waals surface area contributed by atoms with Gasteiger partial charge in [-0.3, -0.25) is 9.59 Å². The number of hydrogen-bond donors (Lipinski definition) is 2. The number of rotatable bonds is 4. The molecule has 3 heterocycles. The lowest BCUT2D eigenvalue weighted by Gasteiger charge is -2.26. The van der Waals surface area contributed by atoms with E-state index in [-0.39, 0.29) is 22.8 Å². The summed E-state index contributed by atoms with van der Waals surface area (Å²) in [5, 5.41) is 13.7. The van der Waals surface area contributed by atoms with Gasteiger partial charge in [0.2, 0.25) is 0 Å². The second kappa shape index (κ2) is 8.88. The van der Waals surface area contributed by atoms with Crippen molar-refractivity contribution in [2.75, 3.05) is 31.6 Å².